The summed E-state index contributed by atoms with van der Waals surface area (Å²) in [7, 11) is 2.09. The van der Waals surface area contributed by atoms with Gasteiger partial charge < -0.3 is 15.5 Å². The van der Waals surface area contributed by atoms with Crippen molar-refractivity contribution in [2.45, 2.75) is 19.4 Å². The van der Waals surface area contributed by atoms with Crippen molar-refractivity contribution in [3.63, 3.8) is 0 Å². The number of hydrogen-bond acceptors (Lipinski definition) is 4. The number of primary amides is 1. The fraction of sp³-hybridized carbons (Fsp3) is 0.556. The molecule has 2 aliphatic heterocycles. The lowest BCUT2D eigenvalue weighted by atomic mass is 9.97. The van der Waals surface area contributed by atoms with Gasteiger partial charge in [0.1, 0.15) is 0 Å². The van der Waals surface area contributed by atoms with Crippen molar-refractivity contribution in [3.05, 3.63) is 29.8 Å². The Labute approximate surface area is 143 Å². The number of benzene rings is 1. The first-order valence-corrected chi connectivity index (χ1v) is 8.63. The van der Waals surface area contributed by atoms with Gasteiger partial charge in [0.15, 0.2) is 0 Å². The van der Waals surface area contributed by atoms with E-state index in [-0.39, 0.29) is 17.7 Å². The second-order valence-corrected chi connectivity index (χ2v) is 6.84. The molecule has 6 heteroatoms. The Morgan fingerprint density at radius 2 is 2.00 bits per heavy atom. The van der Waals surface area contributed by atoms with E-state index in [1.807, 2.05) is 12.1 Å². The third-order valence-electron chi connectivity index (χ3n) is 5.08. The molecule has 0 saturated carbocycles. The van der Waals surface area contributed by atoms with Gasteiger partial charge in [-0.1, -0.05) is 18.2 Å². The first-order valence-electron chi connectivity index (χ1n) is 8.63. The van der Waals surface area contributed by atoms with Crippen LogP contribution in [-0.2, 0) is 16.1 Å². The van der Waals surface area contributed by atoms with Gasteiger partial charge in [0.05, 0.1) is 12.5 Å². The number of nitrogens with two attached hydrogens (primary N) is 1. The predicted molar refractivity (Wildman–Crippen MR) is 93.5 cm³/mol. The molecule has 0 radical (unpaired) electrons. The first kappa shape index (κ1) is 16.8. The Kier molecular flexibility index (Phi) is 5.04. The minimum atomic E-state index is -0.294. The van der Waals surface area contributed by atoms with Crippen molar-refractivity contribution >= 4 is 17.5 Å². The fourth-order valence-electron chi connectivity index (χ4n) is 3.61. The number of para-hydroxylation sites is 1. The molecule has 2 amide bonds. The van der Waals surface area contributed by atoms with Crippen LogP contribution in [-0.4, -0.2) is 61.4 Å². The van der Waals surface area contributed by atoms with Crippen LogP contribution in [0.25, 0.3) is 0 Å². The predicted octanol–water partition coefficient (Wildman–Crippen LogP) is 0.662. The van der Waals surface area contributed by atoms with E-state index in [0.29, 0.717) is 13.1 Å². The highest BCUT2D eigenvalue weighted by molar-refractivity contribution is 5.81. The van der Waals surface area contributed by atoms with Crippen LogP contribution >= 0.6 is 0 Å². The summed E-state index contributed by atoms with van der Waals surface area (Å²) in [6, 6.07) is 8.34. The number of carbonyl (C=O) groups is 2. The summed E-state index contributed by atoms with van der Waals surface area (Å²) in [6.45, 7) is 4.12. The van der Waals surface area contributed by atoms with Crippen LogP contribution in [0.2, 0.25) is 0 Å². The van der Waals surface area contributed by atoms with Crippen LogP contribution in [0.1, 0.15) is 18.4 Å². The van der Waals surface area contributed by atoms with Crippen LogP contribution in [0.5, 0.6) is 0 Å². The maximum Gasteiger partial charge on any atom is 0.236 e. The summed E-state index contributed by atoms with van der Waals surface area (Å²) >= 11 is 0. The van der Waals surface area contributed by atoms with Gasteiger partial charge in [-0.2, -0.15) is 0 Å². The van der Waals surface area contributed by atoms with Gasteiger partial charge in [0.2, 0.25) is 11.8 Å². The molecule has 3 rings (SSSR count). The molecule has 0 aliphatic carbocycles. The maximum atomic E-state index is 12.7. The van der Waals surface area contributed by atoms with Gasteiger partial charge in [-0.25, -0.2) is 0 Å². The Morgan fingerprint density at radius 3 is 2.79 bits per heavy atom. The number of amides is 2. The van der Waals surface area contributed by atoms with Gasteiger partial charge >= 0.3 is 0 Å². The van der Waals surface area contributed by atoms with E-state index in [1.54, 1.807) is 4.90 Å². The molecule has 0 spiro atoms. The number of hydrogen-bond donors (Lipinski definition) is 1. The van der Waals surface area contributed by atoms with E-state index in [0.717, 1.165) is 39.0 Å². The topological polar surface area (TPSA) is 69.9 Å². The zero-order valence-electron chi connectivity index (χ0n) is 14.3. The molecule has 1 aromatic carbocycles. The van der Waals surface area contributed by atoms with Crippen molar-refractivity contribution in [3.8, 4) is 0 Å². The highest BCUT2D eigenvalue weighted by atomic mass is 16.2. The monoisotopic (exact) mass is 330 g/mol. The number of anilines is 1. The van der Waals surface area contributed by atoms with E-state index < -0.39 is 0 Å². The number of fused-ring (bicyclic) bond motifs is 1. The molecule has 1 saturated heterocycles. The Bertz CT molecular complexity index is 619. The van der Waals surface area contributed by atoms with E-state index in [4.69, 9.17) is 5.73 Å². The summed E-state index contributed by atoms with van der Waals surface area (Å²) in [5.41, 5.74) is 7.89. The van der Waals surface area contributed by atoms with Gasteiger partial charge in [-0.15, -0.1) is 0 Å². The lowest BCUT2D eigenvalue weighted by Gasteiger charge is -2.33. The molecule has 1 aromatic rings. The number of nitrogens with zero attached hydrogens (tertiary/aromatic N) is 3. The highest BCUT2D eigenvalue weighted by Crippen LogP contribution is 2.24. The van der Waals surface area contributed by atoms with Crippen molar-refractivity contribution in [2.75, 3.05) is 44.7 Å². The molecular weight excluding hydrogens is 304 g/mol. The number of likely N-dealkylation sites (N-methyl/N-ethyl adjacent to an activating group) is 1. The second-order valence-electron chi connectivity index (χ2n) is 6.84. The third-order valence-corrected chi connectivity index (χ3v) is 5.08. The highest BCUT2D eigenvalue weighted by Gasteiger charge is 2.28. The molecule has 0 aromatic heterocycles. The average Bonchev–Trinajstić information content (AvgIpc) is 2.74. The molecule has 2 aliphatic rings. The molecule has 2 N–H and O–H groups in total. The number of carbonyl (C=O) groups excluding carboxylic acids is 2. The average molecular weight is 330 g/mol. The summed E-state index contributed by atoms with van der Waals surface area (Å²) < 4.78 is 0. The van der Waals surface area contributed by atoms with Gasteiger partial charge in [-0.05, 0) is 24.5 Å². The molecular formula is C18H26N4O2. The van der Waals surface area contributed by atoms with Crippen LogP contribution in [0, 0.1) is 5.92 Å². The zero-order valence-corrected chi connectivity index (χ0v) is 14.3. The largest absolute Gasteiger partial charge is 0.373 e. The number of rotatable bonds is 3. The molecule has 1 fully saturated rings. The lowest BCUT2D eigenvalue weighted by molar-refractivity contribution is -0.136. The smallest absolute Gasteiger partial charge is 0.236 e. The molecule has 6 nitrogen and oxygen atoms in total. The Morgan fingerprint density at radius 1 is 1.21 bits per heavy atom. The van der Waals surface area contributed by atoms with Gasteiger partial charge in [0.25, 0.3) is 0 Å². The Balaban J connectivity index is 1.63. The fourth-order valence-corrected chi connectivity index (χ4v) is 3.61. The standard InChI is InChI=1S/C18H26N4O2/c1-20-9-10-21(11-14-5-2-3-7-16(14)20)13-17(23)22-8-4-6-15(12-22)18(19)24/h2-3,5,7,15H,4,6,8-13H2,1H3,(H2,19,24). The summed E-state index contributed by atoms with van der Waals surface area (Å²) in [6.07, 6.45) is 1.64. The van der Waals surface area contributed by atoms with Crippen LogP contribution < -0.4 is 10.6 Å². The summed E-state index contributed by atoms with van der Waals surface area (Å²) in [5.74, 6) is -0.389. The molecule has 1 unspecified atom stereocenters. The van der Waals surface area contributed by atoms with Crippen molar-refractivity contribution < 1.29 is 9.59 Å². The first-order chi connectivity index (χ1) is 11.5. The van der Waals surface area contributed by atoms with E-state index in [1.165, 1.54) is 11.3 Å². The minimum Gasteiger partial charge on any atom is -0.373 e. The van der Waals surface area contributed by atoms with Crippen molar-refractivity contribution in [1.82, 2.24) is 9.80 Å². The molecule has 130 valence electrons. The molecule has 24 heavy (non-hydrogen) atoms. The summed E-state index contributed by atoms with van der Waals surface area (Å²) in [5, 5.41) is 0. The molecule has 1 atom stereocenters. The number of likely N-dealkylation sites (tertiary alicyclic amines) is 1. The molecule has 2 heterocycles. The lowest BCUT2D eigenvalue weighted by Crippen LogP contribution is -2.47. The van der Waals surface area contributed by atoms with E-state index >= 15 is 0 Å². The molecule has 0 bridgehead atoms. The number of piperidine rings is 1. The quantitative estimate of drug-likeness (QED) is 0.884. The van der Waals surface area contributed by atoms with Gasteiger partial charge in [0, 0.05) is 45.5 Å². The summed E-state index contributed by atoms with van der Waals surface area (Å²) in [4.78, 5) is 30.3. The zero-order chi connectivity index (χ0) is 17.1. The van der Waals surface area contributed by atoms with Gasteiger partial charge in [-0.3, -0.25) is 14.5 Å². The Hall–Kier alpha value is -2.08. The van der Waals surface area contributed by atoms with Crippen LogP contribution in [0.3, 0.4) is 0 Å². The van der Waals surface area contributed by atoms with Crippen LogP contribution in [0.15, 0.2) is 24.3 Å². The van der Waals surface area contributed by atoms with Crippen molar-refractivity contribution in [1.29, 1.82) is 0 Å². The second kappa shape index (κ2) is 7.21. The maximum absolute atomic E-state index is 12.7. The van der Waals surface area contributed by atoms with Crippen molar-refractivity contribution in [2.24, 2.45) is 11.7 Å². The third kappa shape index (κ3) is 3.70. The minimum absolute atomic E-state index is 0.1000. The van der Waals surface area contributed by atoms with E-state index in [9.17, 15) is 9.59 Å². The van der Waals surface area contributed by atoms with Crippen LogP contribution in [0.4, 0.5) is 5.69 Å². The normalized spacial score (nSPS) is 22.0. The van der Waals surface area contributed by atoms with E-state index in [2.05, 4.69) is 29.0 Å². The SMILES string of the molecule is CN1CCN(CC(=O)N2CCCC(C(N)=O)C2)Cc2ccccc21.